The van der Waals surface area contributed by atoms with E-state index >= 15 is 0 Å². The van der Waals surface area contributed by atoms with Crippen LogP contribution in [0.5, 0.6) is 5.75 Å². The highest BCUT2D eigenvalue weighted by Crippen LogP contribution is 2.18. The van der Waals surface area contributed by atoms with E-state index in [1.54, 1.807) is 20.1 Å². The van der Waals surface area contributed by atoms with Crippen LogP contribution in [-0.2, 0) is 11.3 Å². The van der Waals surface area contributed by atoms with Crippen LogP contribution < -0.4 is 15.4 Å². The Balaban J connectivity index is 1.56. The summed E-state index contributed by atoms with van der Waals surface area (Å²) in [5.41, 5.74) is 1.37. The molecule has 1 fully saturated rings. The standard InChI is InChI=1S/C20H27N5O3/c1-15-23-17(20(26)21-7-8-25-9-11-28-12-10-25)13-19(24-15)22-14-16-5-3-4-6-18(16)27-2/h3-6,13H,7-12,14H2,1-2H3,(H,21,26)(H,22,23,24). The molecule has 2 N–H and O–H groups in total. The highest BCUT2D eigenvalue weighted by Gasteiger charge is 2.13. The third-order valence-electron chi connectivity index (χ3n) is 4.54. The van der Waals surface area contributed by atoms with Crippen molar-refractivity contribution in [2.24, 2.45) is 0 Å². The molecule has 3 rings (SSSR count). The summed E-state index contributed by atoms with van der Waals surface area (Å²) in [4.78, 5) is 23.4. The van der Waals surface area contributed by atoms with E-state index in [9.17, 15) is 4.79 Å². The zero-order valence-electron chi connectivity index (χ0n) is 16.4. The third kappa shape index (κ3) is 5.64. The van der Waals surface area contributed by atoms with Gasteiger partial charge in [-0.05, 0) is 13.0 Å². The van der Waals surface area contributed by atoms with Gasteiger partial charge >= 0.3 is 0 Å². The Kier molecular flexibility index (Phi) is 7.16. The number of nitrogens with zero attached hydrogens (tertiary/aromatic N) is 3. The van der Waals surface area contributed by atoms with Gasteiger partial charge in [0.15, 0.2) is 0 Å². The second-order valence-electron chi connectivity index (χ2n) is 6.56. The van der Waals surface area contributed by atoms with Gasteiger partial charge in [-0.1, -0.05) is 18.2 Å². The van der Waals surface area contributed by atoms with Crippen LogP contribution in [0.15, 0.2) is 30.3 Å². The Morgan fingerprint density at radius 2 is 2.04 bits per heavy atom. The Bertz CT molecular complexity index is 793. The Morgan fingerprint density at radius 1 is 1.25 bits per heavy atom. The molecule has 0 unspecified atom stereocenters. The quantitative estimate of drug-likeness (QED) is 0.711. The third-order valence-corrected chi connectivity index (χ3v) is 4.54. The molecule has 0 aliphatic carbocycles. The average molecular weight is 385 g/mol. The van der Waals surface area contributed by atoms with Gasteiger partial charge < -0.3 is 20.1 Å². The van der Waals surface area contributed by atoms with Crippen LogP contribution in [0, 0.1) is 6.92 Å². The van der Waals surface area contributed by atoms with Gasteiger partial charge in [-0.15, -0.1) is 0 Å². The lowest BCUT2D eigenvalue weighted by atomic mass is 10.2. The van der Waals surface area contributed by atoms with Crippen molar-refractivity contribution in [3.8, 4) is 5.75 Å². The van der Waals surface area contributed by atoms with Gasteiger partial charge in [0, 0.05) is 44.4 Å². The predicted octanol–water partition coefficient (Wildman–Crippen LogP) is 1.47. The topological polar surface area (TPSA) is 88.6 Å². The van der Waals surface area contributed by atoms with Gasteiger partial charge in [0.1, 0.15) is 23.1 Å². The molecule has 1 amide bonds. The first-order chi connectivity index (χ1) is 13.7. The summed E-state index contributed by atoms with van der Waals surface area (Å²) >= 11 is 0. The summed E-state index contributed by atoms with van der Waals surface area (Å²) < 4.78 is 10.7. The first kappa shape index (κ1) is 20.0. The number of morpholine rings is 1. The number of nitrogens with one attached hydrogen (secondary N) is 2. The van der Waals surface area contributed by atoms with Crippen molar-refractivity contribution in [2.75, 3.05) is 51.8 Å². The normalized spacial score (nSPS) is 14.5. The number of hydrogen-bond donors (Lipinski definition) is 2. The van der Waals surface area contributed by atoms with Crippen LogP contribution in [0.4, 0.5) is 5.82 Å². The van der Waals surface area contributed by atoms with Crippen LogP contribution in [0.1, 0.15) is 21.9 Å². The monoisotopic (exact) mass is 385 g/mol. The summed E-state index contributed by atoms with van der Waals surface area (Å²) in [7, 11) is 1.65. The van der Waals surface area contributed by atoms with E-state index < -0.39 is 0 Å². The fourth-order valence-corrected chi connectivity index (χ4v) is 3.05. The molecule has 1 saturated heterocycles. The maximum Gasteiger partial charge on any atom is 0.270 e. The fourth-order valence-electron chi connectivity index (χ4n) is 3.05. The number of carbonyl (C=O) groups excluding carboxylic acids is 1. The lowest BCUT2D eigenvalue weighted by Gasteiger charge is -2.26. The maximum absolute atomic E-state index is 12.5. The molecule has 0 bridgehead atoms. The molecule has 1 aromatic carbocycles. The highest BCUT2D eigenvalue weighted by molar-refractivity contribution is 5.92. The number of methoxy groups -OCH3 is 1. The van der Waals surface area contributed by atoms with E-state index in [0.29, 0.717) is 30.4 Å². The van der Waals surface area contributed by atoms with Gasteiger partial charge in [0.05, 0.1) is 20.3 Å². The minimum atomic E-state index is -0.195. The summed E-state index contributed by atoms with van der Waals surface area (Å²) in [6.45, 7) is 7.00. The number of aromatic nitrogens is 2. The molecule has 0 saturated carbocycles. The molecule has 1 aliphatic rings. The summed E-state index contributed by atoms with van der Waals surface area (Å²) in [6.07, 6.45) is 0. The van der Waals surface area contributed by atoms with Crippen LogP contribution in [0.3, 0.4) is 0 Å². The van der Waals surface area contributed by atoms with Gasteiger partial charge in [0.2, 0.25) is 0 Å². The average Bonchev–Trinajstić information content (AvgIpc) is 2.72. The van der Waals surface area contributed by atoms with Gasteiger partial charge in [-0.3, -0.25) is 9.69 Å². The number of ether oxygens (including phenoxy) is 2. The van der Waals surface area contributed by atoms with E-state index in [-0.39, 0.29) is 5.91 Å². The number of aryl methyl sites for hydroxylation is 1. The number of anilines is 1. The van der Waals surface area contributed by atoms with E-state index in [0.717, 1.165) is 44.2 Å². The zero-order valence-corrected chi connectivity index (χ0v) is 16.4. The molecular weight excluding hydrogens is 358 g/mol. The molecule has 0 spiro atoms. The molecule has 8 nitrogen and oxygen atoms in total. The lowest BCUT2D eigenvalue weighted by molar-refractivity contribution is 0.0383. The Labute approximate surface area is 165 Å². The van der Waals surface area contributed by atoms with Crippen molar-refractivity contribution in [3.05, 3.63) is 47.4 Å². The van der Waals surface area contributed by atoms with Crippen LogP contribution >= 0.6 is 0 Å². The number of amides is 1. The van der Waals surface area contributed by atoms with Gasteiger partial charge in [-0.25, -0.2) is 9.97 Å². The smallest absolute Gasteiger partial charge is 0.270 e. The Morgan fingerprint density at radius 3 is 2.82 bits per heavy atom. The van der Waals surface area contributed by atoms with Crippen molar-refractivity contribution < 1.29 is 14.3 Å². The molecule has 0 radical (unpaired) electrons. The minimum Gasteiger partial charge on any atom is -0.496 e. The molecule has 1 aliphatic heterocycles. The van der Waals surface area contributed by atoms with E-state index in [2.05, 4.69) is 25.5 Å². The number of rotatable bonds is 8. The summed E-state index contributed by atoms with van der Waals surface area (Å²) in [5.74, 6) is 1.76. The maximum atomic E-state index is 12.5. The molecule has 1 aromatic heterocycles. The van der Waals surface area contributed by atoms with Gasteiger partial charge in [0.25, 0.3) is 5.91 Å². The lowest BCUT2D eigenvalue weighted by Crippen LogP contribution is -2.41. The van der Waals surface area contributed by atoms with Crippen molar-refractivity contribution in [3.63, 3.8) is 0 Å². The molecule has 150 valence electrons. The number of hydrogen-bond acceptors (Lipinski definition) is 7. The zero-order chi connectivity index (χ0) is 19.8. The summed E-state index contributed by atoms with van der Waals surface area (Å²) in [5, 5.41) is 6.18. The second-order valence-corrected chi connectivity index (χ2v) is 6.56. The minimum absolute atomic E-state index is 0.195. The first-order valence-electron chi connectivity index (χ1n) is 9.45. The van der Waals surface area contributed by atoms with Crippen LogP contribution in [0.2, 0.25) is 0 Å². The second kappa shape index (κ2) is 10.0. The molecule has 28 heavy (non-hydrogen) atoms. The van der Waals surface area contributed by atoms with Crippen LogP contribution in [0.25, 0.3) is 0 Å². The molecule has 8 heteroatoms. The van der Waals surface area contributed by atoms with Gasteiger partial charge in [-0.2, -0.15) is 0 Å². The fraction of sp³-hybridized carbons (Fsp3) is 0.450. The van der Waals surface area contributed by atoms with E-state index in [4.69, 9.17) is 9.47 Å². The van der Waals surface area contributed by atoms with E-state index in [1.807, 2.05) is 24.3 Å². The van der Waals surface area contributed by atoms with Crippen LogP contribution in [-0.4, -0.2) is 67.3 Å². The van der Waals surface area contributed by atoms with Crippen molar-refractivity contribution in [2.45, 2.75) is 13.5 Å². The Hall–Kier alpha value is -2.71. The summed E-state index contributed by atoms with van der Waals surface area (Å²) in [6, 6.07) is 9.45. The molecule has 2 heterocycles. The first-order valence-corrected chi connectivity index (χ1v) is 9.45. The van der Waals surface area contributed by atoms with Crippen molar-refractivity contribution >= 4 is 11.7 Å². The van der Waals surface area contributed by atoms with Crippen molar-refractivity contribution in [1.82, 2.24) is 20.2 Å². The predicted molar refractivity (Wildman–Crippen MR) is 107 cm³/mol. The largest absolute Gasteiger partial charge is 0.496 e. The molecule has 2 aromatic rings. The highest BCUT2D eigenvalue weighted by atomic mass is 16.5. The molecule has 0 atom stereocenters. The molecular formula is C20H27N5O3. The number of carbonyl (C=O) groups is 1. The van der Waals surface area contributed by atoms with E-state index in [1.165, 1.54) is 0 Å². The SMILES string of the molecule is COc1ccccc1CNc1cc(C(=O)NCCN2CCOCC2)nc(C)n1. The van der Waals surface area contributed by atoms with Crippen molar-refractivity contribution in [1.29, 1.82) is 0 Å². The number of benzene rings is 1. The number of para-hydroxylation sites is 1.